The van der Waals surface area contributed by atoms with E-state index < -0.39 is 0 Å². The minimum Gasteiger partial charge on any atom is -0.319 e. The molecule has 3 heteroatoms. The van der Waals surface area contributed by atoms with Gasteiger partial charge in [-0.15, -0.1) is 0 Å². The fourth-order valence-electron chi connectivity index (χ4n) is 0.849. The Morgan fingerprint density at radius 1 is 1.33 bits per heavy atom. The third-order valence-electron chi connectivity index (χ3n) is 1.38. The third kappa shape index (κ3) is 5.83. The molecule has 0 aromatic carbocycles. The predicted octanol–water partition coefficient (Wildman–Crippen LogP) is 3.67. The first kappa shape index (κ1) is 16.1. The quantitative estimate of drug-likeness (QED) is 0.683. The molecule has 0 unspecified atom stereocenters. The van der Waals surface area contributed by atoms with Crippen LogP contribution in [0.3, 0.4) is 0 Å². The van der Waals surface area contributed by atoms with E-state index in [-0.39, 0.29) is 0 Å². The van der Waals surface area contributed by atoms with Crippen molar-refractivity contribution < 1.29 is 0 Å². The summed E-state index contributed by atoms with van der Waals surface area (Å²) < 4.78 is 1.87. The smallest absolute Gasteiger partial charge is 0.154 e. The molecule has 3 nitrogen and oxygen atoms in total. The number of aromatic nitrogens is 2. The van der Waals surface area contributed by atoms with Crippen molar-refractivity contribution in [3.8, 4) is 0 Å². The van der Waals surface area contributed by atoms with Crippen molar-refractivity contribution in [2.75, 3.05) is 0 Å². The van der Waals surface area contributed by atoms with E-state index in [1.54, 1.807) is 18.6 Å². The Kier molecular flexibility index (Phi) is 11.5. The van der Waals surface area contributed by atoms with Crippen LogP contribution in [0.1, 0.15) is 33.4 Å². The van der Waals surface area contributed by atoms with Gasteiger partial charge in [0.1, 0.15) is 0 Å². The van der Waals surface area contributed by atoms with Crippen LogP contribution in [0.2, 0.25) is 0 Å². The number of hydrogen-bond donors (Lipinski definition) is 0. The second-order valence-electron chi connectivity index (χ2n) is 2.28. The first-order valence-electron chi connectivity index (χ1n) is 5.38. The van der Waals surface area contributed by atoms with E-state index in [1.807, 2.05) is 46.2 Å². The molecule has 1 rings (SSSR count). The molecule has 0 aliphatic rings. The topological polar surface area (TPSA) is 30.2 Å². The van der Waals surface area contributed by atoms with Gasteiger partial charge in [-0.3, -0.25) is 0 Å². The maximum absolute atomic E-state index is 4.14. The monoisotopic (exact) mass is 209 g/mol. The van der Waals surface area contributed by atoms with Crippen LogP contribution < -0.4 is 0 Å². The number of imidazole rings is 1. The Balaban J connectivity index is 0. The van der Waals surface area contributed by atoms with Gasteiger partial charge >= 0.3 is 0 Å². The van der Waals surface area contributed by atoms with Gasteiger partial charge in [-0.05, 0) is 6.92 Å². The number of rotatable bonds is 2. The Bertz CT molecular complexity index is 266. The van der Waals surface area contributed by atoms with E-state index >= 15 is 0 Å². The summed E-state index contributed by atoms with van der Waals surface area (Å²) >= 11 is 0. The SMILES string of the molecule is C=C/C=N\c1c(C)ncn1C.CC.CC. The molecule has 0 bridgehead atoms. The van der Waals surface area contributed by atoms with Crippen LogP contribution in [0.25, 0.3) is 0 Å². The number of aryl methyl sites for hydroxylation is 2. The Morgan fingerprint density at radius 2 is 1.87 bits per heavy atom. The molecule has 1 aromatic heterocycles. The largest absolute Gasteiger partial charge is 0.319 e. The van der Waals surface area contributed by atoms with Gasteiger partial charge in [-0.2, -0.15) is 0 Å². The maximum atomic E-state index is 4.14. The Morgan fingerprint density at radius 3 is 2.20 bits per heavy atom. The number of aliphatic imine (C=N–C) groups is 1. The van der Waals surface area contributed by atoms with Crippen molar-refractivity contribution in [1.82, 2.24) is 9.55 Å². The number of nitrogens with zero attached hydrogens (tertiary/aromatic N) is 3. The molecule has 0 aliphatic carbocycles. The zero-order valence-electron chi connectivity index (χ0n) is 10.8. The average Bonchev–Trinajstić information content (AvgIpc) is 2.62. The fourth-order valence-corrected chi connectivity index (χ4v) is 0.849. The summed E-state index contributed by atoms with van der Waals surface area (Å²) in [5.41, 5.74) is 0.936. The first-order chi connectivity index (χ1) is 7.25. The van der Waals surface area contributed by atoms with Gasteiger partial charge in [0.05, 0.1) is 12.0 Å². The normalized spacial score (nSPS) is 8.67. The van der Waals surface area contributed by atoms with E-state index in [1.165, 1.54) is 0 Å². The summed E-state index contributed by atoms with van der Waals surface area (Å²) in [4.78, 5) is 8.23. The van der Waals surface area contributed by atoms with Crippen molar-refractivity contribution in [3.05, 3.63) is 24.7 Å². The van der Waals surface area contributed by atoms with E-state index in [4.69, 9.17) is 0 Å². The maximum Gasteiger partial charge on any atom is 0.154 e. The second-order valence-corrected chi connectivity index (χ2v) is 2.28. The standard InChI is InChI=1S/C8H11N3.2C2H6/c1-4-5-9-8-7(2)10-6-11(8)3;2*1-2/h4-6H,1H2,2-3H3;2*1-2H3/b9-5-;;. The first-order valence-corrected chi connectivity index (χ1v) is 5.38. The van der Waals surface area contributed by atoms with Crippen LogP contribution in [0.4, 0.5) is 5.82 Å². The molecule has 0 atom stereocenters. The highest BCUT2D eigenvalue weighted by molar-refractivity contribution is 5.73. The number of allylic oxidation sites excluding steroid dienone is 1. The Labute approximate surface area is 93.6 Å². The van der Waals surface area contributed by atoms with Crippen molar-refractivity contribution in [2.45, 2.75) is 34.6 Å². The minimum absolute atomic E-state index is 0.880. The van der Waals surface area contributed by atoms with Gasteiger partial charge in [0.25, 0.3) is 0 Å². The molecule has 0 fully saturated rings. The number of hydrogen-bond acceptors (Lipinski definition) is 2. The molecule has 0 saturated heterocycles. The lowest BCUT2D eigenvalue weighted by Gasteiger charge is -1.93. The summed E-state index contributed by atoms with van der Waals surface area (Å²) in [6.45, 7) is 13.5. The molecule has 0 amide bonds. The minimum atomic E-state index is 0.880. The summed E-state index contributed by atoms with van der Waals surface area (Å²) in [7, 11) is 1.91. The second kappa shape index (κ2) is 10.7. The molecule has 0 saturated carbocycles. The lowest BCUT2D eigenvalue weighted by atomic mass is 10.5. The highest BCUT2D eigenvalue weighted by Gasteiger charge is 1.99. The van der Waals surface area contributed by atoms with Crippen LogP contribution >= 0.6 is 0 Å². The van der Waals surface area contributed by atoms with E-state index in [9.17, 15) is 0 Å². The van der Waals surface area contributed by atoms with E-state index in [2.05, 4.69) is 16.6 Å². The summed E-state index contributed by atoms with van der Waals surface area (Å²) in [6.07, 6.45) is 5.04. The average molecular weight is 209 g/mol. The summed E-state index contributed by atoms with van der Waals surface area (Å²) in [5.74, 6) is 0.880. The van der Waals surface area contributed by atoms with Crippen molar-refractivity contribution in [2.24, 2.45) is 12.0 Å². The van der Waals surface area contributed by atoms with E-state index in [0.29, 0.717) is 0 Å². The molecular weight excluding hydrogens is 186 g/mol. The molecule has 0 aliphatic heterocycles. The van der Waals surface area contributed by atoms with Gasteiger partial charge in [0.15, 0.2) is 5.82 Å². The zero-order valence-corrected chi connectivity index (χ0v) is 10.8. The molecule has 1 aromatic rings. The van der Waals surface area contributed by atoms with Crippen LogP contribution in [0, 0.1) is 6.92 Å². The van der Waals surface area contributed by atoms with Crippen LogP contribution in [0.15, 0.2) is 24.0 Å². The van der Waals surface area contributed by atoms with Crippen LogP contribution in [-0.4, -0.2) is 15.8 Å². The van der Waals surface area contributed by atoms with Crippen molar-refractivity contribution in [3.63, 3.8) is 0 Å². The molecule has 86 valence electrons. The van der Waals surface area contributed by atoms with Crippen molar-refractivity contribution in [1.29, 1.82) is 0 Å². The van der Waals surface area contributed by atoms with Crippen LogP contribution in [-0.2, 0) is 7.05 Å². The zero-order chi connectivity index (χ0) is 12.3. The van der Waals surface area contributed by atoms with Gasteiger partial charge in [0, 0.05) is 13.3 Å². The van der Waals surface area contributed by atoms with Gasteiger partial charge in [0.2, 0.25) is 0 Å². The summed E-state index contributed by atoms with van der Waals surface area (Å²) in [5, 5.41) is 0. The predicted molar refractivity (Wildman–Crippen MR) is 69.0 cm³/mol. The lowest BCUT2D eigenvalue weighted by molar-refractivity contribution is 0.912. The highest BCUT2D eigenvalue weighted by Crippen LogP contribution is 2.13. The Hall–Kier alpha value is -1.38. The molecule has 0 N–H and O–H groups in total. The van der Waals surface area contributed by atoms with Gasteiger partial charge in [-0.1, -0.05) is 40.3 Å². The van der Waals surface area contributed by atoms with Crippen LogP contribution in [0.5, 0.6) is 0 Å². The molecular formula is C12H23N3. The summed E-state index contributed by atoms with van der Waals surface area (Å²) in [6, 6.07) is 0. The van der Waals surface area contributed by atoms with Gasteiger partial charge in [-0.25, -0.2) is 9.98 Å². The molecule has 15 heavy (non-hydrogen) atoms. The molecule has 1 heterocycles. The molecule has 0 radical (unpaired) electrons. The van der Waals surface area contributed by atoms with Gasteiger partial charge < -0.3 is 4.57 Å². The van der Waals surface area contributed by atoms with Crippen molar-refractivity contribution >= 4 is 12.0 Å². The third-order valence-corrected chi connectivity index (χ3v) is 1.38. The molecule has 0 spiro atoms. The highest BCUT2D eigenvalue weighted by atomic mass is 15.1. The van der Waals surface area contributed by atoms with E-state index in [0.717, 1.165) is 11.5 Å². The fraction of sp³-hybridized carbons (Fsp3) is 0.500. The lowest BCUT2D eigenvalue weighted by Crippen LogP contribution is -1.83.